The Morgan fingerprint density at radius 2 is 1.75 bits per heavy atom. The van der Waals surface area contributed by atoms with E-state index in [9.17, 15) is 14.4 Å². The molecule has 0 spiro atoms. The molecule has 304 valence electrons. The van der Waals surface area contributed by atoms with Crippen molar-refractivity contribution in [1.29, 1.82) is 0 Å². The molecule has 4 aliphatic rings. The van der Waals surface area contributed by atoms with Crippen LogP contribution in [-0.4, -0.2) is 129 Å². The highest BCUT2D eigenvalue weighted by atomic mass is 32.2. The van der Waals surface area contributed by atoms with Gasteiger partial charge in [-0.25, -0.2) is 9.37 Å². The van der Waals surface area contributed by atoms with Crippen molar-refractivity contribution in [3.05, 3.63) is 58.4 Å². The first-order valence-corrected chi connectivity index (χ1v) is 24.8. The van der Waals surface area contributed by atoms with Crippen molar-refractivity contribution in [3.63, 3.8) is 0 Å². The number of imide groups is 1. The Balaban J connectivity index is 0.881. The summed E-state index contributed by atoms with van der Waals surface area (Å²) in [5.74, 6) is 0.388. The van der Waals surface area contributed by atoms with Gasteiger partial charge in [-0.05, 0) is 49.6 Å². The molecule has 56 heavy (non-hydrogen) atoms. The zero-order chi connectivity index (χ0) is 39.2. The number of anilines is 2. The Kier molecular flexibility index (Phi) is 13.3. The van der Waals surface area contributed by atoms with Crippen LogP contribution in [0.25, 0.3) is 10.9 Å². The summed E-state index contributed by atoms with van der Waals surface area (Å²) in [6.45, 7) is 15.8. The molecule has 7 rings (SSSR count). The number of amides is 2. The largest absolute Gasteiger partial charge is 0.492 e. The molecule has 5 heterocycles. The SMILES string of the molecule is C[Si](C)(C)CCOCn1c(CSC2CCOCC2)nc2cc(OCCN3CCN(C4CN(c5ccc(NC6CCC(=O)NC6=O)cc5)C4)CC3)cc(F)c2c1=O. The summed E-state index contributed by atoms with van der Waals surface area (Å²) in [4.78, 5) is 49.4. The lowest BCUT2D eigenvalue weighted by atomic mass is 10.0. The molecular weight excluding hydrogens is 754 g/mol. The van der Waals surface area contributed by atoms with Crippen molar-refractivity contribution in [2.45, 2.75) is 81.2 Å². The standard InChI is InChI=1S/C40H56FN7O6SSi/c1-56(2,3)21-20-53-27-48-36(26-55-32-10-17-52-18-11-32)43-35-23-31(22-33(41)38(35)40(48)51)54-19-16-45-12-14-46(15-13-45)30-24-47(25-30)29-6-4-28(5-7-29)42-34-8-9-37(49)44-39(34)50/h4-7,22-23,30,32,34,42H,8-21,24-27H2,1-3H3,(H,44,49,50). The number of carbonyl (C=O) groups is 2. The number of nitrogens with zero attached hydrogens (tertiary/aromatic N) is 5. The Morgan fingerprint density at radius 3 is 2.46 bits per heavy atom. The Bertz CT molecular complexity index is 1890. The second kappa shape index (κ2) is 18.4. The minimum Gasteiger partial charge on any atom is -0.492 e. The molecule has 2 amide bonds. The fourth-order valence-electron chi connectivity index (χ4n) is 7.56. The van der Waals surface area contributed by atoms with Crippen LogP contribution < -0.4 is 25.8 Å². The topological polar surface area (TPSA) is 130 Å². The van der Waals surface area contributed by atoms with Gasteiger partial charge in [0.15, 0.2) is 0 Å². The van der Waals surface area contributed by atoms with E-state index in [1.807, 2.05) is 12.1 Å². The quantitative estimate of drug-likeness (QED) is 0.121. The fourth-order valence-corrected chi connectivity index (χ4v) is 9.45. The summed E-state index contributed by atoms with van der Waals surface area (Å²) >= 11 is 1.77. The van der Waals surface area contributed by atoms with E-state index in [0.717, 1.165) is 89.3 Å². The summed E-state index contributed by atoms with van der Waals surface area (Å²) in [7, 11) is -1.31. The van der Waals surface area contributed by atoms with Crippen LogP contribution in [-0.2, 0) is 31.5 Å². The summed E-state index contributed by atoms with van der Waals surface area (Å²) in [5, 5.41) is 6.02. The smallest absolute Gasteiger partial charge is 0.266 e. The number of hydrogen-bond acceptors (Lipinski definition) is 12. The van der Waals surface area contributed by atoms with E-state index < -0.39 is 25.5 Å². The van der Waals surface area contributed by atoms with Crippen molar-refractivity contribution in [3.8, 4) is 5.75 Å². The van der Waals surface area contributed by atoms with Crippen LogP contribution in [0.4, 0.5) is 15.8 Å². The number of aromatic nitrogens is 2. The number of piperazine rings is 1. The van der Waals surface area contributed by atoms with E-state index in [0.29, 0.717) is 60.2 Å². The molecule has 0 saturated carbocycles. The average Bonchev–Trinajstić information content (AvgIpc) is 3.15. The highest BCUT2D eigenvalue weighted by Gasteiger charge is 2.34. The Hall–Kier alpha value is -3.54. The monoisotopic (exact) mass is 809 g/mol. The van der Waals surface area contributed by atoms with Gasteiger partial charge in [0.1, 0.15) is 42.2 Å². The number of halogens is 1. The first-order chi connectivity index (χ1) is 27.0. The molecule has 4 saturated heterocycles. The predicted molar refractivity (Wildman–Crippen MR) is 221 cm³/mol. The van der Waals surface area contributed by atoms with Gasteiger partial charge in [-0.1, -0.05) is 19.6 Å². The summed E-state index contributed by atoms with van der Waals surface area (Å²) in [5.41, 5.74) is 1.92. The van der Waals surface area contributed by atoms with Crippen molar-refractivity contribution in [2.24, 2.45) is 0 Å². The molecule has 1 atom stereocenters. The number of hydrogen-bond donors (Lipinski definition) is 2. The lowest BCUT2D eigenvalue weighted by Crippen LogP contribution is -2.63. The summed E-state index contributed by atoms with van der Waals surface area (Å²) < 4.78 is 34.7. The first kappa shape index (κ1) is 40.6. The van der Waals surface area contributed by atoms with Crippen molar-refractivity contribution in [2.75, 3.05) is 82.5 Å². The van der Waals surface area contributed by atoms with Gasteiger partial charge in [0, 0.05) is 115 Å². The van der Waals surface area contributed by atoms with Crippen LogP contribution in [0.5, 0.6) is 5.75 Å². The minimum absolute atomic E-state index is 0.0320. The third kappa shape index (κ3) is 10.5. The van der Waals surface area contributed by atoms with E-state index in [4.69, 9.17) is 19.2 Å². The van der Waals surface area contributed by atoms with Crippen LogP contribution in [0.15, 0.2) is 41.2 Å². The third-order valence-electron chi connectivity index (χ3n) is 11.2. The second-order valence-corrected chi connectivity index (χ2v) is 23.4. The molecule has 0 aliphatic carbocycles. The molecule has 13 nitrogen and oxygen atoms in total. The molecule has 1 unspecified atom stereocenters. The van der Waals surface area contributed by atoms with Gasteiger partial charge < -0.3 is 24.4 Å². The van der Waals surface area contributed by atoms with E-state index >= 15 is 4.39 Å². The van der Waals surface area contributed by atoms with Crippen molar-refractivity contribution >= 4 is 53.9 Å². The van der Waals surface area contributed by atoms with E-state index in [-0.39, 0.29) is 23.9 Å². The number of ether oxygens (including phenoxy) is 3. The van der Waals surface area contributed by atoms with Crippen molar-refractivity contribution in [1.82, 2.24) is 24.7 Å². The lowest BCUT2D eigenvalue weighted by Gasteiger charge is -2.49. The Morgan fingerprint density at radius 1 is 1.00 bits per heavy atom. The summed E-state index contributed by atoms with van der Waals surface area (Å²) in [6, 6.07) is 12.2. The molecule has 16 heteroatoms. The van der Waals surface area contributed by atoms with Gasteiger partial charge in [0.25, 0.3) is 5.56 Å². The number of rotatable bonds is 16. The van der Waals surface area contributed by atoms with Crippen LogP contribution >= 0.6 is 11.8 Å². The number of benzene rings is 2. The first-order valence-electron chi connectivity index (χ1n) is 20.0. The number of nitrogens with one attached hydrogen (secondary N) is 2. The van der Waals surface area contributed by atoms with E-state index in [2.05, 4.69) is 57.1 Å². The normalized spacial score (nSPS) is 20.6. The molecular formula is C40H56FN7O6SSi. The number of thioether (sulfide) groups is 1. The second-order valence-electron chi connectivity index (χ2n) is 16.5. The zero-order valence-corrected chi connectivity index (χ0v) is 34.7. The highest BCUT2D eigenvalue weighted by Crippen LogP contribution is 2.29. The van der Waals surface area contributed by atoms with Crippen molar-refractivity contribution < 1.29 is 28.2 Å². The van der Waals surface area contributed by atoms with Gasteiger partial charge in [-0.3, -0.25) is 34.1 Å². The van der Waals surface area contributed by atoms with E-state index in [1.54, 1.807) is 17.8 Å². The van der Waals surface area contributed by atoms with E-state index in [1.165, 1.54) is 10.6 Å². The zero-order valence-electron chi connectivity index (χ0n) is 32.9. The molecule has 4 aliphatic heterocycles. The fraction of sp³-hybridized carbons (Fsp3) is 0.600. The highest BCUT2D eigenvalue weighted by molar-refractivity contribution is 7.99. The maximum absolute atomic E-state index is 15.6. The molecule has 2 aromatic carbocycles. The average molecular weight is 810 g/mol. The van der Waals surface area contributed by atoms with Crippen LogP contribution in [0, 0.1) is 5.82 Å². The van der Waals surface area contributed by atoms with Gasteiger partial charge in [-0.2, -0.15) is 11.8 Å². The molecule has 4 fully saturated rings. The maximum Gasteiger partial charge on any atom is 0.266 e. The molecule has 2 N–H and O–H groups in total. The van der Waals surface area contributed by atoms with Gasteiger partial charge >= 0.3 is 0 Å². The molecule has 1 aromatic heterocycles. The summed E-state index contributed by atoms with van der Waals surface area (Å²) in [6.07, 6.45) is 2.77. The van der Waals surface area contributed by atoms with Gasteiger partial charge in [0.2, 0.25) is 11.8 Å². The number of carbonyl (C=O) groups excluding carboxylic acids is 2. The van der Waals surface area contributed by atoms with Crippen LogP contribution in [0.2, 0.25) is 25.7 Å². The Labute approximate surface area is 333 Å². The molecule has 0 bridgehead atoms. The van der Waals surface area contributed by atoms with Gasteiger partial charge in [-0.15, -0.1) is 0 Å². The number of piperidine rings is 1. The maximum atomic E-state index is 15.6. The molecule has 3 aromatic rings. The molecule has 0 radical (unpaired) electrons. The van der Waals surface area contributed by atoms with Gasteiger partial charge in [0.05, 0.1) is 11.3 Å². The third-order valence-corrected chi connectivity index (χ3v) is 14.2. The van der Waals surface area contributed by atoms with Crippen LogP contribution in [0.1, 0.15) is 31.5 Å². The van der Waals surface area contributed by atoms with Crippen LogP contribution in [0.3, 0.4) is 0 Å². The predicted octanol–water partition coefficient (Wildman–Crippen LogP) is 4.36. The number of fused-ring (bicyclic) bond motifs is 1. The lowest BCUT2D eigenvalue weighted by molar-refractivity contribution is -0.133. The minimum atomic E-state index is -1.31.